The molecular formula is C22H18BrN3O5. The van der Waals surface area contributed by atoms with Gasteiger partial charge in [0.2, 0.25) is 5.60 Å². The summed E-state index contributed by atoms with van der Waals surface area (Å²) < 4.78 is 13.3. The van der Waals surface area contributed by atoms with Crippen LogP contribution in [0.15, 0.2) is 39.6 Å². The average Bonchev–Trinajstić information content (AvgIpc) is 3.13. The number of nitrogens with two attached hydrogens (primary N) is 1. The Morgan fingerprint density at radius 2 is 2.16 bits per heavy atom. The Bertz CT molecular complexity index is 1350. The molecule has 3 aromatic rings. The van der Waals surface area contributed by atoms with E-state index in [0.717, 1.165) is 20.9 Å². The van der Waals surface area contributed by atoms with E-state index in [4.69, 9.17) is 20.2 Å². The lowest BCUT2D eigenvalue weighted by Crippen LogP contribution is -2.48. The first kappa shape index (κ1) is 19.9. The molecule has 1 aromatic carbocycles. The quantitative estimate of drug-likeness (QED) is 0.444. The second-order valence-electron chi connectivity index (χ2n) is 7.55. The highest BCUT2D eigenvalue weighted by Gasteiger charge is 2.50. The number of ether oxygens (including phenoxy) is 2. The van der Waals surface area contributed by atoms with Crippen LogP contribution in [0, 0.1) is 0 Å². The number of esters is 2. The predicted octanol–water partition coefficient (Wildman–Crippen LogP) is 2.35. The van der Waals surface area contributed by atoms with Crippen LogP contribution in [0.4, 0.5) is 0 Å². The number of hydrogen-bond acceptors (Lipinski definition) is 7. The fraction of sp³-hybridized carbons (Fsp3) is 0.273. The van der Waals surface area contributed by atoms with Crippen LogP contribution in [-0.4, -0.2) is 28.0 Å². The number of rotatable bonds is 3. The van der Waals surface area contributed by atoms with Gasteiger partial charge >= 0.3 is 11.9 Å². The van der Waals surface area contributed by atoms with Crippen LogP contribution in [0.3, 0.4) is 0 Å². The van der Waals surface area contributed by atoms with Gasteiger partial charge in [0.25, 0.3) is 5.56 Å². The fourth-order valence-corrected chi connectivity index (χ4v) is 4.83. The number of aromatic nitrogens is 2. The lowest BCUT2D eigenvalue weighted by atomic mass is 9.85. The van der Waals surface area contributed by atoms with Gasteiger partial charge in [-0.3, -0.25) is 9.59 Å². The third-order valence-corrected chi connectivity index (χ3v) is 6.61. The van der Waals surface area contributed by atoms with Gasteiger partial charge in [-0.2, -0.15) is 0 Å². The third-order valence-electron chi connectivity index (χ3n) is 5.92. The van der Waals surface area contributed by atoms with Crippen molar-refractivity contribution in [3.05, 3.63) is 61.8 Å². The van der Waals surface area contributed by atoms with Crippen LogP contribution in [0.5, 0.6) is 0 Å². The molecule has 0 saturated carbocycles. The van der Waals surface area contributed by atoms with Gasteiger partial charge in [-0.1, -0.05) is 28.9 Å². The van der Waals surface area contributed by atoms with Crippen molar-refractivity contribution in [1.82, 2.24) is 9.55 Å². The number of carbonyl (C=O) groups is 2. The van der Waals surface area contributed by atoms with Crippen LogP contribution < -0.4 is 11.3 Å². The Kier molecular flexibility index (Phi) is 4.49. The van der Waals surface area contributed by atoms with Gasteiger partial charge in [0, 0.05) is 21.0 Å². The second-order valence-corrected chi connectivity index (χ2v) is 8.40. The molecule has 2 aromatic heterocycles. The van der Waals surface area contributed by atoms with E-state index in [1.807, 2.05) is 24.3 Å². The summed E-state index contributed by atoms with van der Waals surface area (Å²) in [6.45, 7) is 1.49. The van der Waals surface area contributed by atoms with Crippen LogP contribution >= 0.6 is 15.9 Å². The molecule has 8 nitrogen and oxygen atoms in total. The minimum atomic E-state index is -1.71. The number of benzene rings is 1. The van der Waals surface area contributed by atoms with Crippen molar-refractivity contribution < 1.29 is 19.1 Å². The minimum Gasteiger partial charge on any atom is -0.457 e. The van der Waals surface area contributed by atoms with E-state index in [9.17, 15) is 14.4 Å². The molecule has 2 aliphatic rings. The van der Waals surface area contributed by atoms with Gasteiger partial charge in [0.05, 0.1) is 35.6 Å². The molecule has 158 valence electrons. The molecule has 0 radical (unpaired) electrons. The Balaban J connectivity index is 1.77. The number of nitrogens with zero attached hydrogens (tertiary/aromatic N) is 2. The fourth-order valence-electron chi connectivity index (χ4n) is 4.36. The van der Waals surface area contributed by atoms with Crippen molar-refractivity contribution in [2.75, 3.05) is 6.54 Å². The summed E-state index contributed by atoms with van der Waals surface area (Å²) in [5.41, 5.74) is 6.98. The van der Waals surface area contributed by atoms with E-state index in [2.05, 4.69) is 15.9 Å². The molecule has 0 amide bonds. The Morgan fingerprint density at radius 3 is 2.90 bits per heavy atom. The molecule has 1 atom stereocenters. The van der Waals surface area contributed by atoms with Crippen LogP contribution in [0.1, 0.15) is 30.0 Å². The zero-order valence-electron chi connectivity index (χ0n) is 16.6. The van der Waals surface area contributed by atoms with Gasteiger partial charge in [-0.05, 0) is 30.7 Å². The Morgan fingerprint density at radius 1 is 1.35 bits per heavy atom. The third kappa shape index (κ3) is 2.76. The molecule has 31 heavy (non-hydrogen) atoms. The van der Waals surface area contributed by atoms with Gasteiger partial charge < -0.3 is 19.8 Å². The summed E-state index contributed by atoms with van der Waals surface area (Å²) in [4.78, 5) is 43.0. The summed E-state index contributed by atoms with van der Waals surface area (Å²) >= 11 is 3.55. The first-order chi connectivity index (χ1) is 14.9. The Hall–Kier alpha value is -3.04. The van der Waals surface area contributed by atoms with Crippen molar-refractivity contribution >= 4 is 38.8 Å². The number of fused-ring (bicyclic) bond motifs is 5. The topological polar surface area (TPSA) is 114 Å². The summed E-state index contributed by atoms with van der Waals surface area (Å²) in [6, 6.07) is 9.47. The Labute approximate surface area is 185 Å². The molecule has 0 saturated heterocycles. The van der Waals surface area contributed by atoms with E-state index >= 15 is 0 Å². The number of pyridine rings is 2. The standard InChI is InChI=1S/C22H18BrN3O5/c1-2-22(31-18(27)8-24)14-7-17-19-11(6-12-15(23)4-3-5-16(12)25-19)9-26(17)20(28)13(14)10-30-21(22)29/h3-7H,2,8-10,24H2,1H3/t22-/m0/s1. The molecule has 0 spiro atoms. The van der Waals surface area contributed by atoms with Crippen molar-refractivity contribution in [3.63, 3.8) is 0 Å². The molecule has 5 rings (SSSR count). The molecule has 0 aliphatic carbocycles. The van der Waals surface area contributed by atoms with Crippen LogP contribution in [-0.2, 0) is 37.8 Å². The molecular weight excluding hydrogens is 466 g/mol. The highest BCUT2D eigenvalue weighted by molar-refractivity contribution is 9.10. The maximum atomic E-state index is 13.4. The minimum absolute atomic E-state index is 0.110. The van der Waals surface area contributed by atoms with E-state index in [0.29, 0.717) is 29.1 Å². The maximum Gasteiger partial charge on any atom is 0.355 e. The van der Waals surface area contributed by atoms with Gasteiger partial charge in [-0.15, -0.1) is 0 Å². The summed E-state index contributed by atoms with van der Waals surface area (Å²) in [6.07, 6.45) is 0.110. The van der Waals surface area contributed by atoms with Crippen molar-refractivity contribution in [3.8, 4) is 11.4 Å². The lowest BCUT2D eigenvalue weighted by Gasteiger charge is -2.35. The number of cyclic esters (lactones) is 1. The highest BCUT2D eigenvalue weighted by atomic mass is 79.9. The maximum absolute atomic E-state index is 13.4. The number of halogens is 1. The average molecular weight is 484 g/mol. The molecule has 0 unspecified atom stereocenters. The summed E-state index contributed by atoms with van der Waals surface area (Å²) in [7, 11) is 0. The molecule has 2 N–H and O–H groups in total. The SMILES string of the molecule is CC[C@@]1(OC(=O)CN)C(=O)OCc2c1cc1n(c2=O)Cc2cc3c(Br)cccc3nc2-1. The zero-order chi connectivity index (χ0) is 21.9. The summed E-state index contributed by atoms with van der Waals surface area (Å²) in [5.74, 6) is -1.45. The van der Waals surface area contributed by atoms with Crippen LogP contribution in [0.25, 0.3) is 22.3 Å². The van der Waals surface area contributed by atoms with Crippen LogP contribution in [0.2, 0.25) is 0 Å². The second kappa shape index (κ2) is 7.00. The van der Waals surface area contributed by atoms with Crippen molar-refractivity contribution in [2.24, 2.45) is 5.73 Å². The highest BCUT2D eigenvalue weighted by Crippen LogP contribution is 2.41. The summed E-state index contributed by atoms with van der Waals surface area (Å²) in [5, 5.41) is 0.949. The molecule has 0 fully saturated rings. The number of carbonyl (C=O) groups excluding carboxylic acids is 2. The normalized spacial score (nSPS) is 18.9. The molecule has 9 heteroatoms. The monoisotopic (exact) mass is 483 g/mol. The first-order valence-electron chi connectivity index (χ1n) is 9.84. The molecule has 4 heterocycles. The van der Waals surface area contributed by atoms with Crippen molar-refractivity contribution in [1.29, 1.82) is 0 Å². The smallest absolute Gasteiger partial charge is 0.355 e. The zero-order valence-corrected chi connectivity index (χ0v) is 18.2. The largest absolute Gasteiger partial charge is 0.457 e. The number of hydrogen-bond donors (Lipinski definition) is 1. The molecule has 0 bridgehead atoms. The van der Waals surface area contributed by atoms with Gasteiger partial charge in [-0.25, -0.2) is 9.78 Å². The van der Waals surface area contributed by atoms with Crippen molar-refractivity contribution in [2.45, 2.75) is 32.1 Å². The van der Waals surface area contributed by atoms with E-state index < -0.39 is 17.5 Å². The lowest BCUT2D eigenvalue weighted by molar-refractivity contribution is -0.188. The van der Waals surface area contributed by atoms with E-state index in [1.54, 1.807) is 17.6 Å². The molecule has 2 aliphatic heterocycles. The van der Waals surface area contributed by atoms with E-state index in [1.165, 1.54) is 0 Å². The van der Waals surface area contributed by atoms with E-state index in [-0.39, 0.29) is 25.1 Å². The first-order valence-corrected chi connectivity index (χ1v) is 10.6. The van der Waals surface area contributed by atoms with Gasteiger partial charge in [0.15, 0.2) is 0 Å². The van der Waals surface area contributed by atoms with Gasteiger partial charge in [0.1, 0.15) is 6.61 Å². The predicted molar refractivity (Wildman–Crippen MR) is 115 cm³/mol.